The molecule has 0 aromatic heterocycles. The lowest BCUT2D eigenvalue weighted by molar-refractivity contribution is -0.117. The molecule has 3 rings (SSSR count). The molecule has 2 aromatic rings. The maximum Gasteiger partial charge on any atom is 0.238 e. The van der Waals surface area contributed by atoms with Crippen LogP contribution < -0.4 is 15.5 Å². The molecular weight excluding hydrogens is 352 g/mol. The van der Waals surface area contributed by atoms with Crippen LogP contribution in [0.2, 0.25) is 0 Å². The van der Waals surface area contributed by atoms with Gasteiger partial charge in [0.1, 0.15) is 0 Å². The van der Waals surface area contributed by atoms with Gasteiger partial charge in [-0.1, -0.05) is 18.2 Å². The third-order valence-electron chi connectivity index (χ3n) is 5.12. The van der Waals surface area contributed by atoms with Crippen LogP contribution in [0, 0.1) is 13.8 Å². The fraction of sp³-hybridized carbons (Fsp3) is 0.364. The van der Waals surface area contributed by atoms with Crippen LogP contribution in [0.15, 0.2) is 42.5 Å². The van der Waals surface area contributed by atoms with E-state index >= 15 is 0 Å². The van der Waals surface area contributed by atoms with Crippen molar-refractivity contribution in [2.45, 2.75) is 20.8 Å². The quantitative estimate of drug-likeness (QED) is 0.837. The highest BCUT2D eigenvalue weighted by atomic mass is 16.2. The summed E-state index contributed by atoms with van der Waals surface area (Å²) in [6, 6.07) is 13.6. The molecule has 0 saturated carbocycles. The molecule has 0 radical (unpaired) electrons. The van der Waals surface area contributed by atoms with Gasteiger partial charge in [0.25, 0.3) is 0 Å². The SMILES string of the molecule is CC(=O)Nc1cccc(NC(=O)CN2CCN(c3cccc(C)c3C)CC2)c1. The van der Waals surface area contributed by atoms with E-state index in [2.05, 4.69) is 52.5 Å². The maximum absolute atomic E-state index is 12.4. The molecule has 1 aliphatic rings. The zero-order chi connectivity index (χ0) is 20.1. The lowest BCUT2D eigenvalue weighted by Crippen LogP contribution is -2.48. The largest absolute Gasteiger partial charge is 0.369 e. The highest BCUT2D eigenvalue weighted by molar-refractivity contribution is 5.94. The average Bonchev–Trinajstić information content (AvgIpc) is 2.64. The zero-order valence-corrected chi connectivity index (χ0v) is 16.8. The van der Waals surface area contributed by atoms with Gasteiger partial charge >= 0.3 is 0 Å². The average molecular weight is 380 g/mol. The Balaban J connectivity index is 1.51. The predicted molar refractivity (Wildman–Crippen MR) is 114 cm³/mol. The fourth-order valence-corrected chi connectivity index (χ4v) is 3.51. The maximum atomic E-state index is 12.4. The second kappa shape index (κ2) is 8.89. The Morgan fingerprint density at radius 2 is 1.57 bits per heavy atom. The molecule has 28 heavy (non-hydrogen) atoms. The number of aryl methyl sites for hydroxylation is 1. The van der Waals surface area contributed by atoms with Crippen molar-refractivity contribution in [3.63, 3.8) is 0 Å². The molecular formula is C22H28N4O2. The normalized spacial score (nSPS) is 14.6. The minimum Gasteiger partial charge on any atom is -0.369 e. The monoisotopic (exact) mass is 380 g/mol. The van der Waals surface area contributed by atoms with Crippen molar-refractivity contribution in [3.05, 3.63) is 53.6 Å². The number of nitrogens with one attached hydrogen (secondary N) is 2. The van der Waals surface area contributed by atoms with E-state index in [4.69, 9.17) is 0 Å². The summed E-state index contributed by atoms with van der Waals surface area (Å²) in [5.41, 5.74) is 5.28. The molecule has 0 spiro atoms. The Bertz CT molecular complexity index is 857. The van der Waals surface area contributed by atoms with E-state index in [0.717, 1.165) is 26.2 Å². The van der Waals surface area contributed by atoms with Gasteiger partial charge < -0.3 is 15.5 Å². The van der Waals surface area contributed by atoms with Crippen LogP contribution in [0.3, 0.4) is 0 Å². The van der Waals surface area contributed by atoms with E-state index < -0.39 is 0 Å². The molecule has 6 nitrogen and oxygen atoms in total. The Morgan fingerprint density at radius 1 is 0.929 bits per heavy atom. The topological polar surface area (TPSA) is 64.7 Å². The van der Waals surface area contributed by atoms with Gasteiger partial charge in [-0.15, -0.1) is 0 Å². The lowest BCUT2D eigenvalue weighted by atomic mass is 10.1. The molecule has 2 amide bonds. The highest BCUT2D eigenvalue weighted by Gasteiger charge is 2.20. The van der Waals surface area contributed by atoms with Crippen molar-refractivity contribution in [3.8, 4) is 0 Å². The number of nitrogens with zero attached hydrogens (tertiary/aromatic N) is 2. The van der Waals surface area contributed by atoms with Gasteiger partial charge in [-0.05, 0) is 49.2 Å². The van der Waals surface area contributed by atoms with Crippen molar-refractivity contribution in [1.29, 1.82) is 0 Å². The van der Waals surface area contributed by atoms with E-state index in [9.17, 15) is 9.59 Å². The van der Waals surface area contributed by atoms with Crippen LogP contribution in [-0.4, -0.2) is 49.4 Å². The smallest absolute Gasteiger partial charge is 0.238 e. The molecule has 0 unspecified atom stereocenters. The second-order valence-electron chi connectivity index (χ2n) is 7.29. The summed E-state index contributed by atoms with van der Waals surface area (Å²) in [7, 11) is 0. The summed E-state index contributed by atoms with van der Waals surface area (Å²) in [6.45, 7) is 9.67. The minimum absolute atomic E-state index is 0.0415. The Labute approximate surface area is 166 Å². The molecule has 0 atom stereocenters. The first-order valence-corrected chi connectivity index (χ1v) is 9.63. The summed E-state index contributed by atoms with van der Waals surface area (Å²) >= 11 is 0. The summed E-state index contributed by atoms with van der Waals surface area (Å²) < 4.78 is 0. The summed E-state index contributed by atoms with van der Waals surface area (Å²) in [5.74, 6) is -0.176. The number of hydrogen-bond donors (Lipinski definition) is 2. The third kappa shape index (κ3) is 5.10. The molecule has 1 heterocycles. The van der Waals surface area contributed by atoms with E-state index in [0.29, 0.717) is 17.9 Å². The summed E-state index contributed by atoms with van der Waals surface area (Å²) in [6.07, 6.45) is 0. The number of benzene rings is 2. The van der Waals surface area contributed by atoms with Crippen molar-refractivity contribution >= 4 is 28.9 Å². The number of piperazine rings is 1. The third-order valence-corrected chi connectivity index (χ3v) is 5.12. The minimum atomic E-state index is -0.134. The van der Waals surface area contributed by atoms with Gasteiger partial charge in [-0.25, -0.2) is 0 Å². The van der Waals surface area contributed by atoms with E-state index in [1.807, 2.05) is 12.1 Å². The zero-order valence-electron chi connectivity index (χ0n) is 16.8. The van der Waals surface area contributed by atoms with Gasteiger partial charge in [-0.3, -0.25) is 14.5 Å². The molecule has 2 N–H and O–H groups in total. The summed E-state index contributed by atoms with van der Waals surface area (Å²) in [4.78, 5) is 28.2. The predicted octanol–water partition coefficient (Wildman–Crippen LogP) is 3.02. The number of carbonyl (C=O) groups is 2. The Hall–Kier alpha value is -2.86. The Morgan fingerprint density at radius 3 is 2.25 bits per heavy atom. The molecule has 2 aromatic carbocycles. The van der Waals surface area contributed by atoms with Crippen LogP contribution in [0.5, 0.6) is 0 Å². The van der Waals surface area contributed by atoms with Crippen LogP contribution in [0.1, 0.15) is 18.1 Å². The van der Waals surface area contributed by atoms with Crippen molar-refractivity contribution in [2.75, 3.05) is 48.3 Å². The number of rotatable bonds is 5. The summed E-state index contributed by atoms with van der Waals surface area (Å²) in [5, 5.41) is 5.64. The Kier molecular flexibility index (Phi) is 6.31. The number of carbonyl (C=O) groups excluding carboxylic acids is 2. The molecule has 0 aliphatic carbocycles. The van der Waals surface area contributed by atoms with E-state index in [-0.39, 0.29) is 11.8 Å². The molecule has 6 heteroatoms. The number of amides is 2. The second-order valence-corrected chi connectivity index (χ2v) is 7.29. The lowest BCUT2D eigenvalue weighted by Gasteiger charge is -2.36. The van der Waals surface area contributed by atoms with Crippen molar-refractivity contribution < 1.29 is 9.59 Å². The first kappa shape index (κ1) is 19.9. The molecule has 1 saturated heterocycles. The first-order valence-electron chi connectivity index (χ1n) is 9.63. The highest BCUT2D eigenvalue weighted by Crippen LogP contribution is 2.24. The number of hydrogen-bond acceptors (Lipinski definition) is 4. The van der Waals surface area contributed by atoms with Crippen LogP contribution >= 0.6 is 0 Å². The molecule has 148 valence electrons. The van der Waals surface area contributed by atoms with E-state index in [1.165, 1.54) is 23.7 Å². The van der Waals surface area contributed by atoms with Gasteiger partial charge in [-0.2, -0.15) is 0 Å². The van der Waals surface area contributed by atoms with Crippen LogP contribution in [0.4, 0.5) is 17.1 Å². The van der Waals surface area contributed by atoms with Gasteiger partial charge in [0.15, 0.2) is 0 Å². The number of anilines is 3. The van der Waals surface area contributed by atoms with Gasteiger partial charge in [0, 0.05) is 50.2 Å². The first-order chi connectivity index (χ1) is 13.4. The van der Waals surface area contributed by atoms with E-state index in [1.54, 1.807) is 12.1 Å². The van der Waals surface area contributed by atoms with Crippen LogP contribution in [-0.2, 0) is 9.59 Å². The molecule has 1 aliphatic heterocycles. The van der Waals surface area contributed by atoms with Gasteiger partial charge in [0.05, 0.1) is 6.54 Å². The fourth-order valence-electron chi connectivity index (χ4n) is 3.51. The standard InChI is InChI=1S/C22H28N4O2/c1-16-6-4-9-21(17(16)2)26-12-10-25(11-13-26)15-22(28)24-20-8-5-7-19(14-20)23-18(3)27/h4-9,14H,10-13,15H2,1-3H3,(H,23,27)(H,24,28). The van der Waals surface area contributed by atoms with Gasteiger partial charge in [0.2, 0.25) is 11.8 Å². The molecule has 1 fully saturated rings. The van der Waals surface area contributed by atoms with Crippen molar-refractivity contribution in [2.24, 2.45) is 0 Å². The van der Waals surface area contributed by atoms with Crippen LogP contribution in [0.25, 0.3) is 0 Å². The molecule has 0 bridgehead atoms. The van der Waals surface area contributed by atoms with Crippen molar-refractivity contribution in [1.82, 2.24) is 4.90 Å².